The summed E-state index contributed by atoms with van der Waals surface area (Å²) in [7, 11) is 0. The second-order valence-electron chi connectivity index (χ2n) is 6.28. The minimum absolute atomic E-state index is 0.0743. The molecular formula is C20H14ClNO3S. The monoisotopic (exact) mass is 383 g/mol. The van der Waals surface area contributed by atoms with Gasteiger partial charge in [-0.25, -0.2) is 0 Å². The van der Waals surface area contributed by atoms with Gasteiger partial charge in [-0.3, -0.25) is 9.59 Å². The molecule has 2 aromatic carbocycles. The highest BCUT2D eigenvalue weighted by Gasteiger charge is 2.49. The number of nitrogens with one attached hydrogen (secondary N) is 1. The predicted octanol–water partition coefficient (Wildman–Crippen LogP) is 4.87. The number of benzene rings is 2. The lowest BCUT2D eigenvalue weighted by Crippen LogP contribution is -2.48. The second kappa shape index (κ2) is 5.97. The zero-order chi connectivity index (χ0) is 18.5. The number of anilines is 1. The van der Waals surface area contributed by atoms with Gasteiger partial charge in [0.05, 0.1) is 5.56 Å². The Morgan fingerprint density at radius 3 is 2.31 bits per heavy atom. The van der Waals surface area contributed by atoms with Crippen LogP contribution < -0.4 is 5.32 Å². The van der Waals surface area contributed by atoms with E-state index in [-0.39, 0.29) is 11.5 Å². The summed E-state index contributed by atoms with van der Waals surface area (Å²) >= 11 is 7.61. The Kier molecular flexibility index (Phi) is 3.86. The van der Waals surface area contributed by atoms with Crippen molar-refractivity contribution >= 4 is 39.6 Å². The molecule has 1 aliphatic rings. The standard InChI is InChI=1S/C20H14ClNO3S/c1-20(12-7-9-13(23)10-8-12)16(24)15-14(11-5-3-2-4-6-11)17(21)26-18(15)22-19(20)25/h2-10,23H,1H3,(H,22,25). The van der Waals surface area contributed by atoms with E-state index in [0.29, 0.717) is 26.0 Å². The highest BCUT2D eigenvalue weighted by Crippen LogP contribution is 2.49. The SMILES string of the molecule is CC1(c2ccc(O)cc2)C(=O)Nc2sc(Cl)c(-c3ccccc3)c2C1=O. The number of phenolic OH excluding ortho intramolecular Hbond substituents is 1. The first-order valence-corrected chi connectivity index (χ1v) is 9.16. The average molecular weight is 384 g/mol. The van der Waals surface area contributed by atoms with Crippen molar-refractivity contribution in [1.82, 2.24) is 0 Å². The molecule has 0 saturated heterocycles. The Balaban J connectivity index is 1.93. The third kappa shape index (κ3) is 2.35. The van der Waals surface area contributed by atoms with Crippen LogP contribution in [0.3, 0.4) is 0 Å². The third-order valence-corrected chi connectivity index (χ3v) is 6.05. The number of amides is 1. The van der Waals surface area contributed by atoms with Gasteiger partial charge in [-0.05, 0) is 30.2 Å². The number of aromatic hydroxyl groups is 1. The summed E-state index contributed by atoms with van der Waals surface area (Å²) in [4.78, 5) is 26.3. The Hall–Kier alpha value is -2.63. The van der Waals surface area contributed by atoms with E-state index in [1.54, 1.807) is 19.1 Å². The van der Waals surface area contributed by atoms with Crippen molar-refractivity contribution in [3.63, 3.8) is 0 Å². The number of rotatable bonds is 2. The first-order valence-electron chi connectivity index (χ1n) is 7.96. The zero-order valence-corrected chi connectivity index (χ0v) is 15.3. The number of fused-ring (bicyclic) bond motifs is 1. The number of hydrogen-bond donors (Lipinski definition) is 2. The van der Waals surface area contributed by atoms with E-state index >= 15 is 0 Å². The number of halogens is 1. The topological polar surface area (TPSA) is 66.4 Å². The molecule has 26 heavy (non-hydrogen) atoms. The van der Waals surface area contributed by atoms with Gasteiger partial charge in [0, 0.05) is 5.56 Å². The summed E-state index contributed by atoms with van der Waals surface area (Å²) in [5.74, 6) is -0.632. The molecule has 6 heteroatoms. The molecule has 0 aliphatic carbocycles. The summed E-state index contributed by atoms with van der Waals surface area (Å²) < 4.78 is 0.463. The van der Waals surface area contributed by atoms with Gasteiger partial charge in [0.25, 0.3) is 0 Å². The molecule has 0 radical (unpaired) electrons. The van der Waals surface area contributed by atoms with E-state index in [4.69, 9.17) is 11.6 Å². The van der Waals surface area contributed by atoms with Crippen molar-refractivity contribution in [2.45, 2.75) is 12.3 Å². The molecule has 0 fully saturated rings. The maximum Gasteiger partial charge on any atom is 0.243 e. The highest BCUT2D eigenvalue weighted by atomic mass is 35.5. The molecule has 1 atom stereocenters. The molecule has 0 bridgehead atoms. The molecule has 1 aromatic heterocycles. The van der Waals surface area contributed by atoms with Crippen LogP contribution in [0.25, 0.3) is 11.1 Å². The fourth-order valence-electron chi connectivity index (χ4n) is 3.21. The molecule has 0 saturated carbocycles. The van der Waals surface area contributed by atoms with Crippen molar-refractivity contribution in [3.8, 4) is 16.9 Å². The van der Waals surface area contributed by atoms with E-state index in [1.165, 1.54) is 23.5 Å². The van der Waals surface area contributed by atoms with Crippen molar-refractivity contribution < 1.29 is 14.7 Å². The quantitative estimate of drug-likeness (QED) is 0.620. The van der Waals surface area contributed by atoms with Crippen LogP contribution in [0.15, 0.2) is 54.6 Å². The second-order valence-corrected chi connectivity index (χ2v) is 7.90. The first-order chi connectivity index (χ1) is 12.4. The number of thiophene rings is 1. The minimum atomic E-state index is -1.39. The van der Waals surface area contributed by atoms with Crippen LogP contribution in [0.2, 0.25) is 4.34 Å². The molecule has 0 spiro atoms. The Morgan fingerprint density at radius 1 is 1.00 bits per heavy atom. The zero-order valence-electron chi connectivity index (χ0n) is 13.7. The number of ketones is 1. The molecule has 1 unspecified atom stereocenters. The summed E-state index contributed by atoms with van der Waals surface area (Å²) in [5.41, 5.74) is 1.02. The molecule has 2 N–H and O–H groups in total. The fourth-order valence-corrected chi connectivity index (χ4v) is 4.59. The normalized spacial score (nSPS) is 19.2. The fraction of sp³-hybridized carbons (Fsp3) is 0.100. The van der Waals surface area contributed by atoms with Crippen LogP contribution in [0.4, 0.5) is 5.00 Å². The summed E-state index contributed by atoms with van der Waals surface area (Å²) in [6, 6.07) is 15.5. The van der Waals surface area contributed by atoms with Gasteiger partial charge >= 0.3 is 0 Å². The van der Waals surface area contributed by atoms with Crippen molar-refractivity contribution in [3.05, 3.63) is 70.1 Å². The van der Waals surface area contributed by atoms with E-state index in [2.05, 4.69) is 5.32 Å². The molecule has 1 aliphatic heterocycles. The van der Waals surface area contributed by atoms with Gasteiger partial charge < -0.3 is 10.4 Å². The van der Waals surface area contributed by atoms with Crippen LogP contribution in [0.5, 0.6) is 5.75 Å². The smallest absolute Gasteiger partial charge is 0.243 e. The number of carbonyl (C=O) groups is 2. The Bertz CT molecular complexity index is 1030. The lowest BCUT2D eigenvalue weighted by atomic mass is 9.73. The number of hydrogen-bond acceptors (Lipinski definition) is 4. The third-order valence-electron chi connectivity index (χ3n) is 4.73. The van der Waals surface area contributed by atoms with Crippen LogP contribution in [0.1, 0.15) is 22.8 Å². The molecular weight excluding hydrogens is 370 g/mol. The van der Waals surface area contributed by atoms with Crippen molar-refractivity contribution in [1.29, 1.82) is 0 Å². The number of Topliss-reactive ketones (excluding diaryl/α,β-unsaturated/α-hetero) is 1. The highest BCUT2D eigenvalue weighted by molar-refractivity contribution is 7.21. The summed E-state index contributed by atoms with van der Waals surface area (Å²) in [6.45, 7) is 1.60. The van der Waals surface area contributed by atoms with E-state index in [9.17, 15) is 14.7 Å². The number of carbonyl (C=O) groups excluding carboxylic acids is 2. The van der Waals surface area contributed by atoms with Gasteiger partial charge in [-0.15, -0.1) is 11.3 Å². The van der Waals surface area contributed by atoms with E-state index in [1.807, 2.05) is 30.3 Å². The Morgan fingerprint density at radius 2 is 1.65 bits per heavy atom. The van der Waals surface area contributed by atoms with Crippen LogP contribution >= 0.6 is 22.9 Å². The largest absolute Gasteiger partial charge is 0.508 e. The van der Waals surface area contributed by atoms with E-state index < -0.39 is 11.3 Å². The molecule has 2 heterocycles. The maximum atomic E-state index is 13.5. The molecule has 4 rings (SSSR count). The van der Waals surface area contributed by atoms with Crippen molar-refractivity contribution in [2.24, 2.45) is 0 Å². The number of phenols is 1. The van der Waals surface area contributed by atoms with Crippen LogP contribution in [0, 0.1) is 0 Å². The lowest BCUT2D eigenvalue weighted by Gasteiger charge is -2.31. The van der Waals surface area contributed by atoms with Gasteiger partial charge in [0.1, 0.15) is 20.5 Å². The van der Waals surface area contributed by atoms with Crippen LogP contribution in [-0.2, 0) is 10.2 Å². The molecule has 4 nitrogen and oxygen atoms in total. The average Bonchev–Trinajstić information content (AvgIpc) is 2.97. The minimum Gasteiger partial charge on any atom is -0.508 e. The summed E-state index contributed by atoms with van der Waals surface area (Å²) in [6.07, 6.45) is 0. The van der Waals surface area contributed by atoms with Gasteiger partial charge in [0.2, 0.25) is 5.91 Å². The predicted molar refractivity (Wildman–Crippen MR) is 103 cm³/mol. The molecule has 1 amide bonds. The molecule has 3 aromatic rings. The lowest BCUT2D eigenvalue weighted by molar-refractivity contribution is -0.119. The van der Waals surface area contributed by atoms with Crippen molar-refractivity contribution in [2.75, 3.05) is 5.32 Å². The van der Waals surface area contributed by atoms with E-state index in [0.717, 1.165) is 5.56 Å². The Labute approximate surface area is 159 Å². The van der Waals surface area contributed by atoms with Crippen LogP contribution in [-0.4, -0.2) is 16.8 Å². The van der Waals surface area contributed by atoms with Gasteiger partial charge in [-0.2, -0.15) is 0 Å². The molecule has 130 valence electrons. The maximum absolute atomic E-state index is 13.5. The first kappa shape index (κ1) is 16.8. The van der Waals surface area contributed by atoms with Gasteiger partial charge in [0.15, 0.2) is 5.78 Å². The summed E-state index contributed by atoms with van der Waals surface area (Å²) in [5, 5.41) is 12.8. The van der Waals surface area contributed by atoms with Gasteiger partial charge in [-0.1, -0.05) is 54.1 Å².